The molecule has 2 N–H and O–H groups in total. The fourth-order valence-corrected chi connectivity index (χ4v) is 2.55. The first-order chi connectivity index (χ1) is 10.1. The third kappa shape index (κ3) is 7.76. The number of carbonyl (C=O) groups is 1. The molecule has 21 heavy (non-hydrogen) atoms. The molecular weight excluding hydrogens is 274 g/mol. The maximum absolute atomic E-state index is 11.8. The van der Waals surface area contributed by atoms with Gasteiger partial charge in [0.1, 0.15) is 12.2 Å². The fourth-order valence-electron chi connectivity index (χ4n) is 2.55. The number of ether oxygens (including phenoxy) is 4. The summed E-state index contributed by atoms with van der Waals surface area (Å²) in [5.74, 6) is 0.135. The molecule has 1 fully saturated rings. The predicted molar refractivity (Wildman–Crippen MR) is 78.1 cm³/mol. The monoisotopic (exact) mass is 304 g/mol. The van der Waals surface area contributed by atoms with Gasteiger partial charge in [0.25, 0.3) is 0 Å². The highest BCUT2D eigenvalue weighted by atomic mass is 16.6. The smallest absolute Gasteiger partial charge is 0.332 e. The minimum absolute atomic E-state index is 0.0179. The number of hydrogen-bond donors (Lipinski definition) is 1. The number of carbonyl (C=O) groups excluding carboxylic acids is 1. The Balaban J connectivity index is 2.11. The number of methoxy groups -OCH3 is 1. The molecule has 0 atom stereocenters. The molecule has 0 bridgehead atoms. The number of piperidine rings is 1. The summed E-state index contributed by atoms with van der Waals surface area (Å²) in [5, 5.41) is 2.31. The molecule has 1 aliphatic heterocycles. The van der Waals surface area contributed by atoms with Crippen molar-refractivity contribution in [2.45, 2.75) is 32.3 Å². The fraction of sp³-hybridized carbons (Fsp3) is 0.933. The van der Waals surface area contributed by atoms with E-state index in [1.165, 1.54) is 0 Å². The highest BCUT2D eigenvalue weighted by Crippen LogP contribution is 2.27. The average Bonchev–Trinajstić information content (AvgIpc) is 2.47. The SMILES string of the molecule is COCCOCCOCC(=O)OC(C)(C)C1CC[NH2+]CC1. The van der Waals surface area contributed by atoms with Crippen molar-refractivity contribution in [2.24, 2.45) is 5.92 Å². The molecule has 0 unspecified atom stereocenters. The van der Waals surface area contributed by atoms with Gasteiger partial charge in [-0.05, 0) is 13.8 Å². The molecule has 0 saturated carbocycles. The van der Waals surface area contributed by atoms with Crippen LogP contribution in [0.5, 0.6) is 0 Å². The first-order valence-corrected chi connectivity index (χ1v) is 7.74. The molecule has 1 saturated heterocycles. The van der Waals surface area contributed by atoms with Crippen LogP contribution in [0.1, 0.15) is 26.7 Å². The van der Waals surface area contributed by atoms with Crippen LogP contribution in [0.15, 0.2) is 0 Å². The van der Waals surface area contributed by atoms with Gasteiger partial charge in [-0.1, -0.05) is 0 Å². The Morgan fingerprint density at radius 2 is 1.71 bits per heavy atom. The van der Waals surface area contributed by atoms with Crippen LogP contribution in [0.2, 0.25) is 0 Å². The molecule has 0 aliphatic carbocycles. The van der Waals surface area contributed by atoms with Gasteiger partial charge in [0.15, 0.2) is 0 Å². The zero-order valence-electron chi connectivity index (χ0n) is 13.6. The van der Waals surface area contributed by atoms with Crippen LogP contribution in [0, 0.1) is 5.92 Å². The summed E-state index contributed by atoms with van der Waals surface area (Å²) in [6.45, 7) is 8.14. The predicted octanol–water partition coefficient (Wildman–Crippen LogP) is -0.0388. The van der Waals surface area contributed by atoms with E-state index in [0.29, 0.717) is 32.3 Å². The molecule has 1 heterocycles. The lowest BCUT2D eigenvalue weighted by atomic mass is 9.83. The molecule has 0 aromatic heterocycles. The lowest BCUT2D eigenvalue weighted by Gasteiger charge is -2.35. The van der Waals surface area contributed by atoms with Crippen molar-refractivity contribution in [1.29, 1.82) is 0 Å². The van der Waals surface area contributed by atoms with E-state index in [1.807, 2.05) is 13.8 Å². The molecule has 0 spiro atoms. The van der Waals surface area contributed by atoms with E-state index in [1.54, 1.807) is 7.11 Å². The van der Waals surface area contributed by atoms with Crippen LogP contribution in [0.25, 0.3) is 0 Å². The van der Waals surface area contributed by atoms with Crippen molar-refractivity contribution < 1.29 is 29.1 Å². The minimum atomic E-state index is -0.413. The van der Waals surface area contributed by atoms with Crippen LogP contribution in [0.3, 0.4) is 0 Å². The topological polar surface area (TPSA) is 70.6 Å². The summed E-state index contributed by atoms with van der Waals surface area (Å²) >= 11 is 0. The van der Waals surface area contributed by atoms with Gasteiger partial charge in [0.2, 0.25) is 0 Å². The Hall–Kier alpha value is -0.690. The summed E-state index contributed by atoms with van der Waals surface area (Å²) < 4.78 is 20.9. The molecule has 6 nitrogen and oxygen atoms in total. The van der Waals surface area contributed by atoms with Gasteiger partial charge in [-0.25, -0.2) is 4.79 Å². The molecule has 0 aromatic rings. The van der Waals surface area contributed by atoms with E-state index in [0.717, 1.165) is 25.9 Å². The van der Waals surface area contributed by atoms with E-state index in [9.17, 15) is 4.79 Å². The second-order valence-corrected chi connectivity index (χ2v) is 5.88. The van der Waals surface area contributed by atoms with Gasteiger partial charge >= 0.3 is 5.97 Å². The molecule has 124 valence electrons. The Kier molecular flexibility index (Phi) is 8.84. The lowest BCUT2D eigenvalue weighted by Crippen LogP contribution is -2.86. The second kappa shape index (κ2) is 10.1. The van der Waals surface area contributed by atoms with E-state index in [-0.39, 0.29) is 12.6 Å². The van der Waals surface area contributed by atoms with Crippen LogP contribution in [0.4, 0.5) is 0 Å². The van der Waals surface area contributed by atoms with E-state index < -0.39 is 5.60 Å². The van der Waals surface area contributed by atoms with Crippen LogP contribution in [-0.4, -0.2) is 64.8 Å². The van der Waals surface area contributed by atoms with Gasteiger partial charge in [-0.3, -0.25) is 0 Å². The normalized spacial score (nSPS) is 16.9. The number of hydrogen-bond acceptors (Lipinski definition) is 5. The lowest BCUT2D eigenvalue weighted by molar-refractivity contribution is -0.665. The molecule has 0 radical (unpaired) electrons. The van der Waals surface area contributed by atoms with Crippen LogP contribution < -0.4 is 5.32 Å². The number of quaternary nitrogens is 1. The summed E-state index contributed by atoms with van der Waals surface area (Å²) in [4.78, 5) is 11.8. The largest absolute Gasteiger partial charge is 0.458 e. The number of esters is 1. The Morgan fingerprint density at radius 3 is 2.38 bits per heavy atom. The highest BCUT2D eigenvalue weighted by molar-refractivity contribution is 5.71. The first-order valence-electron chi connectivity index (χ1n) is 7.74. The van der Waals surface area contributed by atoms with Gasteiger partial charge in [0, 0.05) is 25.9 Å². The van der Waals surface area contributed by atoms with Crippen LogP contribution in [-0.2, 0) is 23.7 Å². The van der Waals surface area contributed by atoms with Crippen molar-refractivity contribution in [3.63, 3.8) is 0 Å². The minimum Gasteiger partial charge on any atom is -0.458 e. The maximum atomic E-state index is 11.8. The van der Waals surface area contributed by atoms with Crippen molar-refractivity contribution >= 4 is 5.97 Å². The first kappa shape index (κ1) is 18.4. The van der Waals surface area contributed by atoms with E-state index in [2.05, 4.69) is 5.32 Å². The van der Waals surface area contributed by atoms with Gasteiger partial charge < -0.3 is 24.3 Å². The standard InChI is InChI=1S/C15H29NO5/c1-15(2,13-4-6-16-7-5-13)21-14(17)12-20-11-10-19-9-8-18-3/h13,16H,4-12H2,1-3H3/p+1. The van der Waals surface area contributed by atoms with E-state index in [4.69, 9.17) is 18.9 Å². The number of nitrogens with two attached hydrogens (primary N) is 1. The summed E-state index contributed by atoms with van der Waals surface area (Å²) in [6.07, 6.45) is 2.18. The summed E-state index contributed by atoms with van der Waals surface area (Å²) in [5.41, 5.74) is -0.413. The Morgan fingerprint density at radius 1 is 1.10 bits per heavy atom. The maximum Gasteiger partial charge on any atom is 0.332 e. The Labute approximate surface area is 127 Å². The molecule has 0 amide bonds. The molecule has 1 aliphatic rings. The van der Waals surface area contributed by atoms with Crippen molar-refractivity contribution in [3.8, 4) is 0 Å². The third-order valence-corrected chi connectivity index (χ3v) is 3.82. The second-order valence-electron chi connectivity index (χ2n) is 5.88. The molecule has 0 aromatic carbocycles. The van der Waals surface area contributed by atoms with Gasteiger partial charge in [0.05, 0.1) is 39.5 Å². The molecule has 1 rings (SSSR count). The van der Waals surface area contributed by atoms with Gasteiger partial charge in [-0.15, -0.1) is 0 Å². The summed E-state index contributed by atoms with van der Waals surface area (Å²) in [7, 11) is 1.63. The average molecular weight is 304 g/mol. The van der Waals surface area contributed by atoms with Crippen molar-refractivity contribution in [1.82, 2.24) is 0 Å². The molecule has 6 heteroatoms. The quantitative estimate of drug-likeness (QED) is 0.453. The van der Waals surface area contributed by atoms with Crippen molar-refractivity contribution in [3.05, 3.63) is 0 Å². The van der Waals surface area contributed by atoms with Gasteiger partial charge in [-0.2, -0.15) is 0 Å². The van der Waals surface area contributed by atoms with Crippen LogP contribution >= 0.6 is 0 Å². The highest BCUT2D eigenvalue weighted by Gasteiger charge is 2.35. The molecular formula is C15H30NO5+. The van der Waals surface area contributed by atoms with Crippen molar-refractivity contribution in [2.75, 3.05) is 53.2 Å². The summed E-state index contributed by atoms with van der Waals surface area (Å²) in [6, 6.07) is 0. The van der Waals surface area contributed by atoms with E-state index >= 15 is 0 Å². The zero-order chi connectivity index (χ0) is 15.6. The Bertz CT molecular complexity index is 290. The third-order valence-electron chi connectivity index (χ3n) is 3.82. The number of rotatable bonds is 10. The zero-order valence-corrected chi connectivity index (χ0v) is 13.6.